The summed E-state index contributed by atoms with van der Waals surface area (Å²) >= 11 is 0. The van der Waals surface area contributed by atoms with Crippen molar-refractivity contribution in [1.82, 2.24) is 10.3 Å². The van der Waals surface area contributed by atoms with E-state index in [2.05, 4.69) is 16.4 Å². The van der Waals surface area contributed by atoms with E-state index in [1.165, 1.54) is 25.7 Å². The third kappa shape index (κ3) is 3.42. The number of allylic oxidation sites excluding steroid dienone is 1. The molecule has 1 aliphatic rings. The fourth-order valence-electron chi connectivity index (χ4n) is 2.98. The van der Waals surface area contributed by atoms with Crippen LogP contribution < -0.4 is 5.32 Å². The zero-order valence-corrected chi connectivity index (χ0v) is 12.3. The average molecular weight is 282 g/mol. The maximum Gasteiger partial charge on any atom is 0.178 e. The summed E-state index contributed by atoms with van der Waals surface area (Å²) < 4.78 is 0. The van der Waals surface area contributed by atoms with E-state index in [4.69, 9.17) is 0 Å². The van der Waals surface area contributed by atoms with Crippen LogP contribution in [0.1, 0.15) is 42.5 Å². The number of H-pyrrole nitrogens is 1. The molecule has 0 saturated heterocycles. The molecule has 3 heteroatoms. The topological polar surface area (TPSA) is 44.9 Å². The summed E-state index contributed by atoms with van der Waals surface area (Å²) in [4.78, 5) is 15.4. The highest BCUT2D eigenvalue weighted by molar-refractivity contribution is 6.08. The second kappa shape index (κ2) is 6.72. The van der Waals surface area contributed by atoms with Crippen LogP contribution in [0.3, 0.4) is 0 Å². The van der Waals surface area contributed by atoms with Crippen molar-refractivity contribution in [3.05, 3.63) is 47.7 Å². The Morgan fingerprint density at radius 3 is 3.00 bits per heavy atom. The van der Waals surface area contributed by atoms with Gasteiger partial charge < -0.3 is 10.3 Å². The Bertz CT molecular complexity index is 654. The molecule has 2 N–H and O–H groups in total. The normalized spacial score (nSPS) is 15.1. The molecule has 0 bridgehead atoms. The highest BCUT2D eigenvalue weighted by Crippen LogP contribution is 2.20. The number of nitrogens with one attached hydrogen (secondary N) is 2. The van der Waals surface area contributed by atoms with Crippen molar-refractivity contribution in [2.24, 2.45) is 0 Å². The lowest BCUT2D eigenvalue weighted by atomic mass is 9.97. The summed E-state index contributed by atoms with van der Waals surface area (Å²) in [5, 5.41) is 4.29. The van der Waals surface area contributed by atoms with Crippen molar-refractivity contribution < 1.29 is 4.79 Å². The van der Waals surface area contributed by atoms with Crippen LogP contribution in [0.2, 0.25) is 0 Å². The van der Waals surface area contributed by atoms with E-state index in [9.17, 15) is 4.79 Å². The summed E-state index contributed by atoms with van der Waals surface area (Å²) in [6.07, 6.45) is 10.4. The lowest BCUT2D eigenvalue weighted by molar-refractivity contribution is 0.0993. The summed E-state index contributed by atoms with van der Waals surface area (Å²) in [6.45, 7) is 1.30. The number of hydrogen-bond donors (Lipinski definition) is 2. The second-order valence-electron chi connectivity index (χ2n) is 5.71. The van der Waals surface area contributed by atoms with Gasteiger partial charge in [0.25, 0.3) is 0 Å². The van der Waals surface area contributed by atoms with Gasteiger partial charge in [0.1, 0.15) is 0 Å². The van der Waals surface area contributed by atoms with Crippen LogP contribution in [-0.4, -0.2) is 23.9 Å². The molecule has 1 aromatic carbocycles. The standard InChI is InChI=1S/C18H22N2O/c21-18(13-19-11-10-14-6-2-1-3-7-14)16-12-20-17-9-5-4-8-15(16)17/h4-6,8-9,12,19-20H,1-3,7,10-11,13H2. The number of rotatable bonds is 6. The van der Waals surface area contributed by atoms with Crippen molar-refractivity contribution in [3.8, 4) is 0 Å². The molecule has 0 radical (unpaired) electrons. The quantitative estimate of drug-likeness (QED) is 0.480. The number of benzene rings is 1. The van der Waals surface area contributed by atoms with Gasteiger partial charge >= 0.3 is 0 Å². The minimum atomic E-state index is 0.157. The van der Waals surface area contributed by atoms with Crippen LogP contribution >= 0.6 is 0 Å². The van der Waals surface area contributed by atoms with Crippen LogP contribution in [-0.2, 0) is 0 Å². The van der Waals surface area contributed by atoms with Crippen LogP contribution in [0, 0.1) is 0 Å². The lowest BCUT2D eigenvalue weighted by Crippen LogP contribution is -2.24. The monoisotopic (exact) mass is 282 g/mol. The molecule has 0 unspecified atom stereocenters. The first-order valence-corrected chi connectivity index (χ1v) is 7.82. The molecule has 2 aromatic rings. The number of aromatic amines is 1. The lowest BCUT2D eigenvalue weighted by Gasteiger charge is -2.12. The maximum atomic E-state index is 12.3. The van der Waals surface area contributed by atoms with E-state index < -0.39 is 0 Å². The molecular formula is C18H22N2O. The Kier molecular flexibility index (Phi) is 4.51. The first-order valence-electron chi connectivity index (χ1n) is 7.82. The average Bonchev–Trinajstić information content (AvgIpc) is 2.96. The van der Waals surface area contributed by atoms with E-state index in [1.54, 1.807) is 5.57 Å². The highest BCUT2D eigenvalue weighted by atomic mass is 16.1. The predicted molar refractivity (Wildman–Crippen MR) is 86.7 cm³/mol. The number of para-hydroxylation sites is 1. The molecule has 1 aromatic heterocycles. The van der Waals surface area contributed by atoms with Crippen molar-refractivity contribution in [1.29, 1.82) is 0 Å². The minimum absolute atomic E-state index is 0.157. The molecule has 21 heavy (non-hydrogen) atoms. The van der Waals surface area contributed by atoms with E-state index in [-0.39, 0.29) is 5.78 Å². The fraction of sp³-hybridized carbons (Fsp3) is 0.389. The number of Topliss-reactive ketones (excluding diaryl/α,β-unsaturated/α-hetero) is 1. The van der Waals surface area contributed by atoms with E-state index in [0.717, 1.165) is 29.4 Å². The van der Waals surface area contributed by atoms with Crippen LogP contribution in [0.4, 0.5) is 0 Å². The van der Waals surface area contributed by atoms with Crippen LogP contribution in [0.5, 0.6) is 0 Å². The molecule has 0 spiro atoms. The fourth-order valence-corrected chi connectivity index (χ4v) is 2.98. The minimum Gasteiger partial charge on any atom is -0.360 e. The zero-order chi connectivity index (χ0) is 14.5. The molecule has 0 saturated carbocycles. The molecule has 0 aliphatic heterocycles. The molecule has 0 amide bonds. The number of carbonyl (C=O) groups excluding carboxylic acids is 1. The van der Waals surface area contributed by atoms with Crippen molar-refractivity contribution in [2.75, 3.05) is 13.1 Å². The summed E-state index contributed by atoms with van der Waals surface area (Å²) in [5.41, 5.74) is 3.36. The van der Waals surface area contributed by atoms with Crippen molar-refractivity contribution >= 4 is 16.7 Å². The third-order valence-corrected chi connectivity index (χ3v) is 4.18. The summed E-state index contributed by atoms with van der Waals surface area (Å²) in [5.74, 6) is 0.157. The molecule has 3 rings (SSSR count). The first kappa shape index (κ1) is 14.1. The first-order chi connectivity index (χ1) is 10.3. The molecule has 3 nitrogen and oxygen atoms in total. The molecule has 1 aliphatic carbocycles. The predicted octanol–water partition coefficient (Wildman–Crippen LogP) is 3.83. The van der Waals surface area contributed by atoms with Gasteiger partial charge in [-0.2, -0.15) is 0 Å². The van der Waals surface area contributed by atoms with Gasteiger partial charge in [0, 0.05) is 22.7 Å². The smallest absolute Gasteiger partial charge is 0.178 e. The van der Waals surface area contributed by atoms with E-state index in [0.29, 0.717) is 6.54 Å². The largest absolute Gasteiger partial charge is 0.360 e. The van der Waals surface area contributed by atoms with Gasteiger partial charge in [-0.3, -0.25) is 4.79 Å². The number of hydrogen-bond acceptors (Lipinski definition) is 2. The molecule has 1 heterocycles. The maximum absolute atomic E-state index is 12.3. The van der Waals surface area contributed by atoms with Gasteiger partial charge in [-0.25, -0.2) is 0 Å². The Morgan fingerprint density at radius 1 is 1.24 bits per heavy atom. The van der Waals surface area contributed by atoms with Gasteiger partial charge in [0.2, 0.25) is 0 Å². The second-order valence-corrected chi connectivity index (χ2v) is 5.71. The SMILES string of the molecule is O=C(CNCCC1=CCCCC1)c1c[nH]c2ccccc12. The third-order valence-electron chi connectivity index (χ3n) is 4.18. The van der Waals surface area contributed by atoms with Crippen molar-refractivity contribution in [2.45, 2.75) is 32.1 Å². The summed E-state index contributed by atoms with van der Waals surface area (Å²) in [6, 6.07) is 7.93. The van der Waals surface area contributed by atoms with Crippen molar-refractivity contribution in [3.63, 3.8) is 0 Å². The molecular weight excluding hydrogens is 260 g/mol. The summed E-state index contributed by atoms with van der Waals surface area (Å²) in [7, 11) is 0. The van der Waals surface area contributed by atoms with Gasteiger partial charge in [0.15, 0.2) is 5.78 Å². The van der Waals surface area contributed by atoms with E-state index in [1.807, 2.05) is 30.5 Å². The molecule has 0 fully saturated rings. The van der Waals surface area contributed by atoms with Gasteiger partial charge in [-0.1, -0.05) is 29.8 Å². The molecule has 110 valence electrons. The van der Waals surface area contributed by atoms with Crippen LogP contribution in [0.25, 0.3) is 10.9 Å². The van der Waals surface area contributed by atoms with Crippen LogP contribution in [0.15, 0.2) is 42.1 Å². The Balaban J connectivity index is 1.51. The highest BCUT2D eigenvalue weighted by Gasteiger charge is 2.11. The van der Waals surface area contributed by atoms with Gasteiger partial charge in [0.05, 0.1) is 6.54 Å². The number of fused-ring (bicyclic) bond motifs is 1. The Morgan fingerprint density at radius 2 is 2.14 bits per heavy atom. The Labute approximate surface area is 125 Å². The molecule has 0 atom stereocenters. The number of carbonyl (C=O) groups is 1. The van der Waals surface area contributed by atoms with Gasteiger partial charge in [-0.15, -0.1) is 0 Å². The zero-order valence-electron chi connectivity index (χ0n) is 12.3. The number of ketones is 1. The van der Waals surface area contributed by atoms with Gasteiger partial charge in [-0.05, 0) is 44.7 Å². The van der Waals surface area contributed by atoms with E-state index >= 15 is 0 Å². The Hall–Kier alpha value is -1.87. The number of aromatic nitrogens is 1.